The zero-order valence-electron chi connectivity index (χ0n) is 12.1. The van der Waals surface area contributed by atoms with Crippen LogP contribution in [0.2, 0.25) is 0 Å². The summed E-state index contributed by atoms with van der Waals surface area (Å²) in [6.07, 6.45) is 0.111. The Kier molecular flexibility index (Phi) is 5.70. The number of aromatic carboxylic acids is 1. The molecule has 0 spiro atoms. The number of pyridine rings is 1. The second kappa shape index (κ2) is 7.27. The van der Waals surface area contributed by atoms with Gasteiger partial charge in [0.15, 0.2) is 5.82 Å². The number of nitrogens with zero attached hydrogens (tertiary/aromatic N) is 2. The normalized spacial score (nSPS) is 13.5. The molecule has 0 radical (unpaired) electrons. The van der Waals surface area contributed by atoms with Crippen LogP contribution in [0.5, 0.6) is 0 Å². The number of carbonyl (C=O) groups excluding carboxylic acids is 3. The predicted octanol–water partition coefficient (Wildman–Crippen LogP) is 0.314. The fraction of sp³-hybridized carbons (Fsp3) is 0.308. The Morgan fingerprint density at radius 3 is 2.14 bits per heavy atom. The molecule has 0 aliphatic carbocycles. The van der Waals surface area contributed by atoms with Gasteiger partial charge in [-0.05, 0) is 26.0 Å². The lowest BCUT2D eigenvalue weighted by molar-refractivity contribution is -0.121. The number of carboxylic acid groups (broad SMARTS) is 1. The maximum Gasteiger partial charge on any atom is 0.339 e. The van der Waals surface area contributed by atoms with Crippen molar-refractivity contribution in [1.82, 2.24) is 4.98 Å². The van der Waals surface area contributed by atoms with Crippen LogP contribution in [0.3, 0.4) is 0 Å². The van der Waals surface area contributed by atoms with Crippen LogP contribution in [0.15, 0.2) is 12.1 Å². The SMILES string of the molecule is CC(C)=O.NNc1ccc(C(=O)O)c(N2C(=O)CCC2=O)n1. The number of hydrogen-bond donors (Lipinski definition) is 3. The molecule has 0 bridgehead atoms. The highest BCUT2D eigenvalue weighted by Crippen LogP contribution is 2.25. The number of nitrogen functional groups attached to an aromatic ring is 1. The Bertz CT molecular complexity index is 609. The van der Waals surface area contributed by atoms with Gasteiger partial charge in [0.2, 0.25) is 11.8 Å². The van der Waals surface area contributed by atoms with Crippen LogP contribution < -0.4 is 16.2 Å². The maximum absolute atomic E-state index is 11.6. The molecule has 1 aliphatic rings. The quantitative estimate of drug-likeness (QED) is 0.411. The first-order valence-corrected chi connectivity index (χ1v) is 6.31. The van der Waals surface area contributed by atoms with Gasteiger partial charge in [-0.2, -0.15) is 0 Å². The van der Waals surface area contributed by atoms with E-state index in [1.54, 1.807) is 0 Å². The van der Waals surface area contributed by atoms with Gasteiger partial charge in [0.25, 0.3) is 0 Å². The Labute approximate surface area is 126 Å². The number of Topliss-reactive ketones (excluding diaryl/α,β-unsaturated/α-hetero) is 1. The number of ketones is 1. The molecule has 1 aromatic rings. The van der Waals surface area contributed by atoms with Gasteiger partial charge in [-0.3, -0.25) is 9.59 Å². The summed E-state index contributed by atoms with van der Waals surface area (Å²) in [6, 6.07) is 2.58. The van der Waals surface area contributed by atoms with E-state index in [0.717, 1.165) is 4.90 Å². The molecule has 1 fully saturated rings. The first-order chi connectivity index (χ1) is 10.3. The second-order valence-corrected chi connectivity index (χ2v) is 4.55. The summed E-state index contributed by atoms with van der Waals surface area (Å²) >= 11 is 0. The highest BCUT2D eigenvalue weighted by molar-refractivity contribution is 6.21. The molecule has 0 unspecified atom stereocenters. The summed E-state index contributed by atoms with van der Waals surface area (Å²) < 4.78 is 0. The molecule has 2 rings (SSSR count). The molecular weight excluding hydrogens is 292 g/mol. The third kappa shape index (κ3) is 4.09. The Balaban J connectivity index is 0.000000541. The van der Waals surface area contributed by atoms with Crippen LogP contribution in [0, 0.1) is 0 Å². The molecule has 9 nitrogen and oxygen atoms in total. The van der Waals surface area contributed by atoms with Crippen molar-refractivity contribution in [2.24, 2.45) is 5.84 Å². The summed E-state index contributed by atoms with van der Waals surface area (Å²) in [5.41, 5.74) is 2.01. The minimum atomic E-state index is -1.27. The number of anilines is 2. The number of carbonyl (C=O) groups is 4. The van der Waals surface area contributed by atoms with Crippen LogP contribution in [0.4, 0.5) is 11.6 Å². The molecule has 4 N–H and O–H groups in total. The van der Waals surface area contributed by atoms with E-state index in [1.807, 2.05) is 0 Å². The van der Waals surface area contributed by atoms with E-state index in [1.165, 1.54) is 26.0 Å². The Morgan fingerprint density at radius 1 is 1.23 bits per heavy atom. The summed E-state index contributed by atoms with van der Waals surface area (Å²) in [5, 5.41) is 9.02. The molecule has 0 saturated carbocycles. The first kappa shape index (κ1) is 17.2. The molecule has 0 aromatic carbocycles. The third-order valence-electron chi connectivity index (χ3n) is 2.52. The van der Waals surface area contributed by atoms with Crippen molar-refractivity contribution >= 4 is 35.2 Å². The number of rotatable bonds is 3. The average molecular weight is 308 g/mol. The van der Waals surface area contributed by atoms with Gasteiger partial charge in [-0.15, -0.1) is 0 Å². The maximum atomic E-state index is 11.6. The van der Waals surface area contributed by atoms with Gasteiger partial charge >= 0.3 is 5.97 Å². The topological polar surface area (TPSA) is 143 Å². The van der Waals surface area contributed by atoms with Gasteiger partial charge < -0.3 is 15.3 Å². The van der Waals surface area contributed by atoms with Crippen molar-refractivity contribution in [3.63, 3.8) is 0 Å². The van der Waals surface area contributed by atoms with Crippen LogP contribution in [0.1, 0.15) is 37.0 Å². The molecular formula is C13H16N4O5. The van der Waals surface area contributed by atoms with Gasteiger partial charge in [0, 0.05) is 12.8 Å². The lowest BCUT2D eigenvalue weighted by Crippen LogP contribution is -2.31. The number of carboxylic acids is 1. The van der Waals surface area contributed by atoms with E-state index >= 15 is 0 Å². The lowest BCUT2D eigenvalue weighted by Gasteiger charge is -2.15. The van der Waals surface area contributed by atoms with E-state index < -0.39 is 17.8 Å². The third-order valence-corrected chi connectivity index (χ3v) is 2.52. The van der Waals surface area contributed by atoms with Crippen LogP contribution >= 0.6 is 0 Å². The van der Waals surface area contributed by atoms with Crippen molar-refractivity contribution in [3.05, 3.63) is 17.7 Å². The van der Waals surface area contributed by atoms with Crippen molar-refractivity contribution in [2.45, 2.75) is 26.7 Å². The Hall–Kier alpha value is -2.81. The number of imide groups is 1. The van der Waals surface area contributed by atoms with E-state index in [0.29, 0.717) is 0 Å². The van der Waals surface area contributed by atoms with Crippen LogP contribution in [0.25, 0.3) is 0 Å². The number of amides is 2. The fourth-order valence-electron chi connectivity index (χ4n) is 1.68. The second-order valence-electron chi connectivity index (χ2n) is 4.55. The monoisotopic (exact) mass is 308 g/mol. The smallest absolute Gasteiger partial charge is 0.339 e. The molecule has 1 aromatic heterocycles. The highest BCUT2D eigenvalue weighted by Gasteiger charge is 2.34. The highest BCUT2D eigenvalue weighted by atomic mass is 16.4. The summed E-state index contributed by atoms with van der Waals surface area (Å²) in [7, 11) is 0. The predicted molar refractivity (Wildman–Crippen MR) is 77.1 cm³/mol. The number of nitrogens with two attached hydrogens (primary N) is 1. The number of hydrogen-bond acceptors (Lipinski definition) is 7. The standard InChI is InChI=1S/C10H10N4O4.C3H6O/c11-13-6-2-1-5(10(17)18)9(12-6)14-7(15)3-4-8(14)16;1-3(2)4/h1-2H,3-4,11H2,(H,12,13)(H,17,18);1-2H3. The number of hydrazine groups is 1. The zero-order valence-corrected chi connectivity index (χ0v) is 12.1. The zero-order chi connectivity index (χ0) is 16.9. The summed E-state index contributed by atoms with van der Waals surface area (Å²) in [6.45, 7) is 3.06. The van der Waals surface area contributed by atoms with Crippen LogP contribution in [-0.2, 0) is 14.4 Å². The molecule has 0 atom stereocenters. The summed E-state index contributed by atoms with van der Waals surface area (Å²) in [5.74, 6) is 3.09. The molecule has 1 aliphatic heterocycles. The molecule has 1 saturated heterocycles. The Morgan fingerprint density at radius 2 is 1.73 bits per heavy atom. The van der Waals surface area contributed by atoms with Crippen molar-refractivity contribution < 1.29 is 24.3 Å². The van der Waals surface area contributed by atoms with E-state index in [2.05, 4.69) is 10.4 Å². The average Bonchev–Trinajstić information content (AvgIpc) is 2.76. The summed E-state index contributed by atoms with van der Waals surface area (Å²) in [4.78, 5) is 48.3. The van der Waals surface area contributed by atoms with Crippen molar-refractivity contribution in [1.29, 1.82) is 0 Å². The largest absolute Gasteiger partial charge is 0.478 e. The van der Waals surface area contributed by atoms with Gasteiger partial charge in [-0.1, -0.05) is 0 Å². The van der Waals surface area contributed by atoms with Crippen molar-refractivity contribution in [3.8, 4) is 0 Å². The molecule has 2 amide bonds. The van der Waals surface area contributed by atoms with Gasteiger partial charge in [-0.25, -0.2) is 20.5 Å². The molecule has 2 heterocycles. The lowest BCUT2D eigenvalue weighted by atomic mass is 10.2. The molecule has 22 heavy (non-hydrogen) atoms. The van der Waals surface area contributed by atoms with Crippen molar-refractivity contribution in [2.75, 3.05) is 10.3 Å². The van der Waals surface area contributed by atoms with E-state index in [4.69, 9.17) is 10.9 Å². The minimum absolute atomic E-state index is 0.0554. The fourth-order valence-corrected chi connectivity index (χ4v) is 1.68. The van der Waals surface area contributed by atoms with E-state index in [-0.39, 0.29) is 35.8 Å². The minimum Gasteiger partial charge on any atom is -0.478 e. The number of nitrogens with one attached hydrogen (secondary N) is 1. The molecule has 9 heteroatoms. The number of aromatic nitrogens is 1. The van der Waals surface area contributed by atoms with Crippen LogP contribution in [-0.4, -0.2) is 33.7 Å². The molecule has 118 valence electrons. The first-order valence-electron chi connectivity index (χ1n) is 6.31. The van der Waals surface area contributed by atoms with Gasteiger partial charge in [0.05, 0.1) is 0 Å². The van der Waals surface area contributed by atoms with E-state index in [9.17, 15) is 19.2 Å². The van der Waals surface area contributed by atoms with Gasteiger partial charge in [0.1, 0.15) is 17.2 Å².